The number of hydrogen-bond acceptors (Lipinski definition) is 6. The molecule has 1 atom stereocenters. The number of benzene rings is 2. The number of aliphatic imine (C=N–C) groups is 1. The van der Waals surface area contributed by atoms with Crippen molar-refractivity contribution in [3.63, 3.8) is 0 Å². The molecule has 2 aliphatic rings. The van der Waals surface area contributed by atoms with Crippen molar-refractivity contribution in [3.8, 4) is 11.5 Å². The number of nitrogens with zero attached hydrogens (tertiary/aromatic N) is 2. The lowest BCUT2D eigenvalue weighted by Crippen LogP contribution is -2.27. The number of thioether (sulfide) groups is 1. The average Bonchev–Trinajstić information content (AvgIpc) is 3.16. The number of allylic oxidation sites excluding steroid dienone is 2. The summed E-state index contributed by atoms with van der Waals surface area (Å²) in [6.45, 7) is -0.373. The first-order valence-corrected chi connectivity index (χ1v) is 10.2. The fourth-order valence-corrected chi connectivity index (χ4v) is 4.17. The normalized spacial score (nSPS) is 18.0. The maximum atomic E-state index is 12.5. The summed E-state index contributed by atoms with van der Waals surface area (Å²) in [7, 11) is 1.63. The predicted molar refractivity (Wildman–Crippen MR) is 115 cm³/mol. The molecule has 0 fully saturated rings. The van der Waals surface area contributed by atoms with Crippen LogP contribution in [-0.4, -0.2) is 31.7 Å². The Morgan fingerprint density at radius 3 is 2.40 bits per heavy atom. The van der Waals surface area contributed by atoms with Gasteiger partial charge in [-0.05, 0) is 60.5 Å². The number of methoxy groups -OCH3 is 1. The molecule has 2 aromatic rings. The highest BCUT2D eigenvalue weighted by molar-refractivity contribution is 8.04. The molecular formula is C22H20F2N2O3S. The summed E-state index contributed by atoms with van der Waals surface area (Å²) in [6, 6.07) is 14.3. The van der Waals surface area contributed by atoms with E-state index in [4.69, 9.17) is 9.47 Å². The van der Waals surface area contributed by atoms with Gasteiger partial charge in [0.25, 0.3) is 0 Å². The van der Waals surface area contributed by atoms with E-state index in [0.717, 1.165) is 33.3 Å². The summed E-state index contributed by atoms with van der Waals surface area (Å²) >= 11 is 1.54. The molecule has 2 aliphatic heterocycles. The molecule has 0 N–H and O–H groups in total. The first-order chi connectivity index (χ1) is 14.6. The third-order valence-electron chi connectivity index (χ3n) is 4.53. The first kappa shape index (κ1) is 20.4. The number of alkyl halides is 2. The number of hydrogen-bond donors (Lipinski definition) is 0. The molecule has 30 heavy (non-hydrogen) atoms. The van der Waals surface area contributed by atoms with Gasteiger partial charge in [-0.3, -0.25) is 0 Å². The summed E-state index contributed by atoms with van der Waals surface area (Å²) < 4.78 is 40.3. The van der Waals surface area contributed by atoms with Crippen LogP contribution in [0.5, 0.6) is 11.5 Å². The number of amidine groups is 1. The van der Waals surface area contributed by atoms with Gasteiger partial charge >= 0.3 is 6.61 Å². The van der Waals surface area contributed by atoms with Crippen LogP contribution >= 0.6 is 11.8 Å². The zero-order valence-electron chi connectivity index (χ0n) is 16.4. The maximum Gasteiger partial charge on any atom is 0.387 e. The smallest absolute Gasteiger partial charge is 0.387 e. The lowest BCUT2D eigenvalue weighted by molar-refractivity contribution is -0.0498. The van der Waals surface area contributed by atoms with Crippen LogP contribution in [-0.2, 0) is 4.74 Å². The molecular weight excluding hydrogens is 410 g/mol. The number of rotatable bonds is 7. The van der Waals surface area contributed by atoms with Crippen molar-refractivity contribution in [2.24, 2.45) is 4.99 Å². The van der Waals surface area contributed by atoms with Crippen LogP contribution in [0.25, 0.3) is 5.57 Å². The molecule has 8 heteroatoms. The minimum absolute atomic E-state index is 0.107. The summed E-state index contributed by atoms with van der Waals surface area (Å²) in [5.41, 5.74) is 2.48. The van der Waals surface area contributed by atoms with Gasteiger partial charge in [0.2, 0.25) is 5.56 Å². The fourth-order valence-electron chi connectivity index (χ4n) is 3.15. The second-order valence-electron chi connectivity index (χ2n) is 6.40. The Hall–Kier alpha value is -2.84. The fraction of sp³-hybridized carbons (Fsp3) is 0.227. The highest BCUT2D eigenvalue weighted by Gasteiger charge is 2.31. The summed E-state index contributed by atoms with van der Waals surface area (Å²) in [6.07, 6.45) is 4.05. The quantitative estimate of drug-likeness (QED) is 0.580. The standard InChI is InChI=1S/C22H20F2N2O3S/c1-3-28-22-25-20-19(30-22)12-15(14-4-8-17(27-2)9-5-14)13-26(20)16-6-10-18(11-7-16)29-21(23)24/h4-13,21-22H,3H2,1-2H3. The van der Waals surface area contributed by atoms with Gasteiger partial charge in [-0.15, -0.1) is 0 Å². The van der Waals surface area contributed by atoms with Crippen LogP contribution in [0, 0.1) is 0 Å². The molecule has 0 amide bonds. The van der Waals surface area contributed by atoms with E-state index >= 15 is 0 Å². The zero-order chi connectivity index (χ0) is 21.1. The third kappa shape index (κ3) is 4.34. The van der Waals surface area contributed by atoms with E-state index in [2.05, 4.69) is 15.8 Å². The van der Waals surface area contributed by atoms with Gasteiger partial charge in [-0.1, -0.05) is 23.9 Å². The number of ether oxygens (including phenoxy) is 3. The lowest BCUT2D eigenvalue weighted by Gasteiger charge is -2.26. The SMILES string of the molecule is CCOC1N=C2C(=CC(c3ccc(OC)cc3)=CN2c2ccc(OC(F)F)cc2)S1. The van der Waals surface area contributed by atoms with Gasteiger partial charge in [0.05, 0.1) is 12.0 Å². The Kier molecular flexibility index (Phi) is 6.06. The van der Waals surface area contributed by atoms with Gasteiger partial charge in [0, 0.05) is 18.5 Å². The van der Waals surface area contributed by atoms with Crippen LogP contribution in [0.2, 0.25) is 0 Å². The van der Waals surface area contributed by atoms with Gasteiger partial charge in [-0.2, -0.15) is 8.78 Å². The molecule has 5 nitrogen and oxygen atoms in total. The van der Waals surface area contributed by atoms with Crippen molar-refractivity contribution in [1.29, 1.82) is 0 Å². The highest BCUT2D eigenvalue weighted by Crippen LogP contribution is 2.40. The number of fused-ring (bicyclic) bond motifs is 1. The van der Waals surface area contributed by atoms with Crippen LogP contribution in [0.4, 0.5) is 14.5 Å². The summed E-state index contributed by atoms with van der Waals surface area (Å²) in [4.78, 5) is 7.60. The molecule has 0 radical (unpaired) electrons. The Labute approximate surface area is 177 Å². The molecule has 1 unspecified atom stereocenters. The molecule has 0 spiro atoms. The van der Waals surface area contributed by atoms with Gasteiger partial charge < -0.3 is 19.1 Å². The molecule has 2 heterocycles. The Bertz CT molecular complexity index is 988. The van der Waals surface area contributed by atoms with E-state index in [0.29, 0.717) is 6.61 Å². The molecule has 0 aliphatic carbocycles. The lowest BCUT2D eigenvalue weighted by atomic mass is 10.0. The van der Waals surface area contributed by atoms with Crippen molar-refractivity contribution >= 4 is 28.9 Å². The maximum absolute atomic E-state index is 12.5. The molecule has 0 saturated carbocycles. The van der Waals surface area contributed by atoms with Crippen molar-refractivity contribution in [1.82, 2.24) is 0 Å². The minimum Gasteiger partial charge on any atom is -0.497 e. The largest absolute Gasteiger partial charge is 0.497 e. The van der Waals surface area contributed by atoms with E-state index in [1.54, 1.807) is 19.2 Å². The zero-order valence-corrected chi connectivity index (χ0v) is 17.2. The number of halogens is 2. The van der Waals surface area contributed by atoms with E-state index in [9.17, 15) is 8.78 Å². The van der Waals surface area contributed by atoms with Gasteiger partial charge in [0.1, 0.15) is 17.3 Å². The minimum atomic E-state index is -2.86. The Morgan fingerprint density at radius 1 is 1.07 bits per heavy atom. The molecule has 4 rings (SSSR count). The molecule has 156 valence electrons. The average molecular weight is 430 g/mol. The molecule has 0 saturated heterocycles. The predicted octanol–water partition coefficient (Wildman–Crippen LogP) is 5.51. The second-order valence-corrected chi connectivity index (χ2v) is 7.48. The van der Waals surface area contributed by atoms with Crippen molar-refractivity contribution < 1.29 is 23.0 Å². The van der Waals surface area contributed by atoms with E-state index < -0.39 is 6.61 Å². The molecule has 0 aromatic heterocycles. The monoisotopic (exact) mass is 430 g/mol. The van der Waals surface area contributed by atoms with Crippen molar-refractivity contribution in [3.05, 3.63) is 71.3 Å². The van der Waals surface area contributed by atoms with E-state index in [1.165, 1.54) is 23.9 Å². The second kappa shape index (κ2) is 8.89. The van der Waals surface area contributed by atoms with E-state index in [-0.39, 0.29) is 11.3 Å². The van der Waals surface area contributed by atoms with Crippen molar-refractivity contribution in [2.45, 2.75) is 19.1 Å². The summed E-state index contributed by atoms with van der Waals surface area (Å²) in [5, 5.41) is 0. The first-order valence-electron chi connectivity index (χ1n) is 9.36. The van der Waals surface area contributed by atoms with Gasteiger partial charge in [-0.25, -0.2) is 4.99 Å². The van der Waals surface area contributed by atoms with Crippen LogP contribution in [0.3, 0.4) is 0 Å². The third-order valence-corrected chi connectivity index (χ3v) is 5.53. The molecule has 0 bridgehead atoms. The number of anilines is 1. The van der Waals surface area contributed by atoms with E-state index in [1.807, 2.05) is 42.3 Å². The van der Waals surface area contributed by atoms with Crippen LogP contribution < -0.4 is 14.4 Å². The highest BCUT2D eigenvalue weighted by atomic mass is 32.2. The Balaban J connectivity index is 1.70. The van der Waals surface area contributed by atoms with Crippen LogP contribution in [0.15, 0.2) is 70.7 Å². The topological polar surface area (TPSA) is 43.3 Å². The summed E-state index contributed by atoms with van der Waals surface area (Å²) in [5.74, 6) is 1.65. The van der Waals surface area contributed by atoms with Crippen molar-refractivity contribution in [2.75, 3.05) is 18.6 Å². The van der Waals surface area contributed by atoms with Gasteiger partial charge in [0.15, 0.2) is 0 Å². The van der Waals surface area contributed by atoms with Crippen LogP contribution in [0.1, 0.15) is 12.5 Å². The molecule has 2 aromatic carbocycles. The Morgan fingerprint density at radius 2 is 1.77 bits per heavy atom.